The number of rotatable bonds is 7. The first kappa shape index (κ1) is 22.7. The van der Waals surface area contributed by atoms with E-state index in [1.807, 2.05) is 41.3 Å². The molecule has 2 heterocycles. The maximum absolute atomic E-state index is 13.3. The van der Waals surface area contributed by atoms with Gasteiger partial charge in [0.15, 0.2) is 0 Å². The van der Waals surface area contributed by atoms with Crippen molar-refractivity contribution >= 4 is 9.60 Å². The first-order valence-electron chi connectivity index (χ1n) is 10.0. The van der Waals surface area contributed by atoms with Crippen molar-refractivity contribution in [2.24, 2.45) is 0 Å². The van der Waals surface area contributed by atoms with E-state index >= 15 is 0 Å². The predicted octanol–water partition coefficient (Wildman–Crippen LogP) is 2.14. The van der Waals surface area contributed by atoms with Crippen LogP contribution in [0.15, 0.2) is 90.0 Å². The SMILES string of the molecule is C[I-]C(=O)Nc1ccc(-c2ccccc2)n(Cc2cncc(Oc3ccc(F)cc3)c2)c1=O. The number of hydrogen-bond acceptors (Lipinski definition) is 4. The molecule has 1 N–H and O–H groups in total. The van der Waals surface area contributed by atoms with Crippen molar-refractivity contribution in [3.05, 3.63) is 107 Å². The number of nitrogens with one attached hydrogen (secondary N) is 1. The van der Waals surface area contributed by atoms with Crippen LogP contribution in [0.5, 0.6) is 11.5 Å². The van der Waals surface area contributed by atoms with Crippen molar-refractivity contribution in [3.8, 4) is 22.8 Å². The summed E-state index contributed by atoms with van der Waals surface area (Å²) in [5.74, 6) is 0.595. The van der Waals surface area contributed by atoms with Crippen LogP contribution >= 0.6 is 0 Å². The van der Waals surface area contributed by atoms with Crippen LogP contribution in [0.1, 0.15) is 5.56 Å². The molecule has 0 aliphatic carbocycles. The molecule has 0 aliphatic rings. The van der Waals surface area contributed by atoms with Gasteiger partial charge in [0.05, 0.1) is 0 Å². The molecule has 0 aliphatic heterocycles. The molecule has 2 aromatic carbocycles. The van der Waals surface area contributed by atoms with E-state index in [9.17, 15) is 14.0 Å². The Morgan fingerprint density at radius 2 is 1.79 bits per heavy atom. The van der Waals surface area contributed by atoms with E-state index in [0.29, 0.717) is 11.5 Å². The second-order valence-electron chi connectivity index (χ2n) is 7.06. The number of anilines is 1. The molecule has 0 atom stereocenters. The quantitative estimate of drug-likeness (QED) is 0.164. The van der Waals surface area contributed by atoms with Gasteiger partial charge in [0, 0.05) is 0 Å². The first-order chi connectivity index (χ1) is 16.0. The molecule has 4 aromatic rings. The van der Waals surface area contributed by atoms with E-state index in [1.165, 1.54) is 24.3 Å². The van der Waals surface area contributed by atoms with Crippen molar-refractivity contribution in [2.75, 3.05) is 10.2 Å². The molecule has 0 fully saturated rings. The van der Waals surface area contributed by atoms with Crippen molar-refractivity contribution in [1.82, 2.24) is 9.55 Å². The Morgan fingerprint density at radius 3 is 2.52 bits per heavy atom. The summed E-state index contributed by atoms with van der Waals surface area (Å²) >= 11 is -0.685. The van der Waals surface area contributed by atoms with Crippen molar-refractivity contribution in [2.45, 2.75) is 6.54 Å². The van der Waals surface area contributed by atoms with Gasteiger partial charge < -0.3 is 0 Å². The Hall–Kier alpha value is -3.53. The van der Waals surface area contributed by atoms with E-state index in [2.05, 4.69) is 10.3 Å². The number of benzene rings is 2. The van der Waals surface area contributed by atoms with Gasteiger partial charge in [0.1, 0.15) is 5.82 Å². The monoisotopic (exact) mass is 556 g/mol. The second kappa shape index (κ2) is 10.4. The van der Waals surface area contributed by atoms with E-state index in [4.69, 9.17) is 4.74 Å². The van der Waals surface area contributed by atoms with E-state index in [0.717, 1.165) is 16.8 Å². The number of aromatic nitrogens is 2. The van der Waals surface area contributed by atoms with Gasteiger partial charge in [0.25, 0.3) is 0 Å². The third-order valence-electron chi connectivity index (χ3n) is 4.81. The van der Waals surface area contributed by atoms with E-state index < -0.39 is 21.2 Å². The molecule has 0 saturated carbocycles. The fourth-order valence-corrected chi connectivity index (χ4v) is 3.83. The van der Waals surface area contributed by atoms with Gasteiger partial charge in [-0.1, -0.05) is 0 Å². The van der Waals surface area contributed by atoms with E-state index in [1.54, 1.807) is 29.1 Å². The second-order valence-corrected chi connectivity index (χ2v) is 9.12. The summed E-state index contributed by atoms with van der Waals surface area (Å²) in [6, 6.07) is 20.5. The van der Waals surface area contributed by atoms with E-state index in [-0.39, 0.29) is 27.5 Å². The van der Waals surface area contributed by atoms with Crippen LogP contribution in [0.4, 0.5) is 14.9 Å². The van der Waals surface area contributed by atoms with Gasteiger partial charge in [-0.3, -0.25) is 0 Å². The normalized spacial score (nSPS) is 10.7. The fourth-order valence-electron chi connectivity index (χ4n) is 3.27. The average Bonchev–Trinajstić information content (AvgIpc) is 2.84. The Bertz CT molecular complexity index is 1330. The maximum atomic E-state index is 13.3. The van der Waals surface area contributed by atoms with Gasteiger partial charge >= 0.3 is 178 Å². The molecule has 0 saturated heterocycles. The molecule has 6 nitrogen and oxygen atoms in total. The minimum atomic E-state index is -0.685. The molecule has 0 spiro atoms. The topological polar surface area (TPSA) is 73.2 Å². The Morgan fingerprint density at radius 1 is 1.03 bits per heavy atom. The minimum absolute atomic E-state index is 0.124. The van der Waals surface area contributed by atoms with Crippen LogP contribution < -0.4 is 36.8 Å². The van der Waals surface area contributed by atoms with Gasteiger partial charge in [-0.2, -0.15) is 0 Å². The zero-order valence-electron chi connectivity index (χ0n) is 17.7. The molecule has 0 bridgehead atoms. The molecular weight excluding hydrogens is 536 g/mol. The van der Waals surface area contributed by atoms with Gasteiger partial charge in [0.2, 0.25) is 0 Å². The standard InChI is InChI=1S/C25H20FIN3O3/c1-27-25(32)29-22-11-12-23(18-5-3-2-4-6-18)30(24(22)31)16-17-13-21(15-28-14-17)33-20-9-7-19(26)8-10-20/h2-15H,16H2,1H3,(H,29,32)/q-1. The van der Waals surface area contributed by atoms with Gasteiger partial charge in [-0.25, -0.2) is 4.39 Å². The Balaban J connectivity index is 1.70. The molecule has 8 heteroatoms. The molecule has 2 aromatic heterocycles. The first-order valence-corrected chi connectivity index (χ1v) is 13.2. The molecular formula is C25H20FIN3O3-. The van der Waals surface area contributed by atoms with Crippen LogP contribution in [0.25, 0.3) is 11.3 Å². The number of pyridine rings is 2. The number of amides is 1. The third kappa shape index (κ3) is 5.64. The van der Waals surface area contributed by atoms with Gasteiger partial charge in [-0.05, 0) is 12.1 Å². The van der Waals surface area contributed by atoms with Crippen LogP contribution in [-0.2, 0) is 6.54 Å². The summed E-state index contributed by atoms with van der Waals surface area (Å²) < 4.78 is 20.4. The molecule has 33 heavy (non-hydrogen) atoms. The predicted molar refractivity (Wildman–Crippen MR) is 121 cm³/mol. The van der Waals surface area contributed by atoms with Crippen molar-refractivity contribution in [1.29, 1.82) is 0 Å². The van der Waals surface area contributed by atoms with Crippen molar-refractivity contribution in [3.63, 3.8) is 0 Å². The average molecular weight is 556 g/mol. The van der Waals surface area contributed by atoms with Crippen LogP contribution in [0.2, 0.25) is 0 Å². The number of nitrogens with zero attached hydrogens (tertiary/aromatic N) is 2. The van der Waals surface area contributed by atoms with Crippen LogP contribution in [0, 0.1) is 5.82 Å². The van der Waals surface area contributed by atoms with Crippen LogP contribution in [-0.4, -0.2) is 18.4 Å². The number of carbonyl (C=O) groups excluding carboxylic acids is 1. The van der Waals surface area contributed by atoms with Crippen molar-refractivity contribution < 1.29 is 35.1 Å². The summed E-state index contributed by atoms with van der Waals surface area (Å²) in [4.78, 5) is 31.3. The summed E-state index contributed by atoms with van der Waals surface area (Å²) in [6.07, 6.45) is 3.21. The van der Waals surface area contributed by atoms with Gasteiger partial charge in [-0.15, -0.1) is 0 Å². The molecule has 0 radical (unpaired) electrons. The summed E-state index contributed by atoms with van der Waals surface area (Å²) in [5, 5.41) is 2.72. The van der Waals surface area contributed by atoms with Crippen LogP contribution in [0.3, 0.4) is 0 Å². The zero-order chi connectivity index (χ0) is 23.2. The summed E-state index contributed by atoms with van der Waals surface area (Å²) in [6.45, 7) is 0.224. The number of halogens is 2. The number of ether oxygens (including phenoxy) is 1. The molecule has 4 rings (SSSR count). The molecule has 168 valence electrons. The Kier molecular flexibility index (Phi) is 7.13. The molecule has 0 unspecified atom stereocenters. The summed E-state index contributed by atoms with van der Waals surface area (Å²) in [7, 11) is 0. The number of hydrogen-bond donors (Lipinski definition) is 1. The third-order valence-corrected chi connectivity index (χ3v) is 6.06. The fraction of sp³-hybridized carbons (Fsp3) is 0.0800. The molecule has 1 amide bonds. The summed E-state index contributed by atoms with van der Waals surface area (Å²) in [5.41, 5.74) is 2.27. The zero-order valence-corrected chi connectivity index (χ0v) is 19.8. The Labute approximate surface area is 200 Å². The number of carbonyl (C=O) groups is 1. The number of alkyl halides is 1.